The Morgan fingerprint density at radius 2 is 2.00 bits per heavy atom. The van der Waals surface area contributed by atoms with Crippen LogP contribution in [0.4, 0.5) is 0 Å². The van der Waals surface area contributed by atoms with E-state index in [1.165, 1.54) is 0 Å². The summed E-state index contributed by atoms with van der Waals surface area (Å²) in [6, 6.07) is 3.69. The monoisotopic (exact) mass is 209 g/mol. The van der Waals surface area contributed by atoms with Crippen molar-refractivity contribution in [3.05, 3.63) is 23.3 Å². The Labute approximate surface area is 90.9 Å². The van der Waals surface area contributed by atoms with Crippen LogP contribution in [-0.2, 0) is 6.42 Å². The first-order valence-corrected chi connectivity index (χ1v) is 4.99. The van der Waals surface area contributed by atoms with Crippen molar-refractivity contribution in [1.82, 2.24) is 0 Å². The lowest BCUT2D eigenvalue weighted by atomic mass is 9.93. The van der Waals surface area contributed by atoms with Gasteiger partial charge in [-0.15, -0.1) is 0 Å². The van der Waals surface area contributed by atoms with E-state index in [0.29, 0.717) is 12.2 Å². The molecule has 3 nitrogen and oxygen atoms in total. The molecule has 84 valence electrons. The minimum Gasteiger partial charge on any atom is -0.507 e. The number of aromatic hydroxyl groups is 1. The van der Waals surface area contributed by atoms with E-state index in [2.05, 4.69) is 0 Å². The predicted octanol–water partition coefficient (Wildman–Crippen LogP) is 1.99. The number of nitrogens with two attached hydrogens (primary N) is 1. The number of aryl methyl sites for hydroxylation is 1. The van der Waals surface area contributed by atoms with Crippen molar-refractivity contribution in [2.75, 3.05) is 7.11 Å². The van der Waals surface area contributed by atoms with Crippen molar-refractivity contribution in [3.63, 3.8) is 0 Å². The van der Waals surface area contributed by atoms with Gasteiger partial charge in [-0.2, -0.15) is 0 Å². The van der Waals surface area contributed by atoms with Crippen LogP contribution in [0.5, 0.6) is 11.5 Å². The molecule has 0 saturated heterocycles. The van der Waals surface area contributed by atoms with Crippen LogP contribution in [-0.4, -0.2) is 17.8 Å². The number of hydrogen-bond acceptors (Lipinski definition) is 3. The van der Waals surface area contributed by atoms with Crippen LogP contribution in [0, 0.1) is 6.92 Å². The minimum atomic E-state index is -0.363. The lowest BCUT2D eigenvalue weighted by Gasteiger charge is -2.21. The Morgan fingerprint density at radius 1 is 1.40 bits per heavy atom. The summed E-state index contributed by atoms with van der Waals surface area (Å²) in [4.78, 5) is 0. The fraction of sp³-hybridized carbons (Fsp3) is 0.500. The van der Waals surface area contributed by atoms with E-state index in [1.54, 1.807) is 7.11 Å². The van der Waals surface area contributed by atoms with Crippen molar-refractivity contribution in [2.45, 2.75) is 32.7 Å². The molecule has 0 fully saturated rings. The lowest BCUT2D eigenvalue weighted by Crippen LogP contribution is -2.34. The van der Waals surface area contributed by atoms with Crippen LogP contribution < -0.4 is 10.5 Å². The Kier molecular flexibility index (Phi) is 3.25. The van der Waals surface area contributed by atoms with Gasteiger partial charge >= 0.3 is 0 Å². The largest absolute Gasteiger partial charge is 0.507 e. The van der Waals surface area contributed by atoms with Crippen LogP contribution in [0.2, 0.25) is 0 Å². The van der Waals surface area contributed by atoms with E-state index >= 15 is 0 Å². The highest BCUT2D eigenvalue weighted by Crippen LogP contribution is 2.33. The molecule has 0 aliphatic carbocycles. The third kappa shape index (κ3) is 2.86. The van der Waals surface area contributed by atoms with Gasteiger partial charge in [-0.25, -0.2) is 0 Å². The maximum absolute atomic E-state index is 9.94. The minimum absolute atomic E-state index is 0.285. The maximum atomic E-state index is 9.94. The van der Waals surface area contributed by atoms with Crippen molar-refractivity contribution in [1.29, 1.82) is 0 Å². The van der Waals surface area contributed by atoms with Crippen molar-refractivity contribution >= 4 is 0 Å². The maximum Gasteiger partial charge on any atom is 0.125 e. The molecular weight excluding hydrogens is 190 g/mol. The summed E-state index contributed by atoms with van der Waals surface area (Å²) in [6.07, 6.45) is 0.587. The van der Waals surface area contributed by atoms with E-state index in [-0.39, 0.29) is 11.3 Å². The van der Waals surface area contributed by atoms with Gasteiger partial charge in [0.1, 0.15) is 11.5 Å². The van der Waals surface area contributed by atoms with E-state index in [0.717, 1.165) is 11.1 Å². The molecule has 15 heavy (non-hydrogen) atoms. The number of methoxy groups -OCH3 is 1. The molecule has 0 heterocycles. The van der Waals surface area contributed by atoms with Crippen molar-refractivity contribution in [2.24, 2.45) is 5.73 Å². The number of phenols is 1. The number of ether oxygens (including phenoxy) is 1. The highest BCUT2D eigenvalue weighted by atomic mass is 16.5. The second kappa shape index (κ2) is 4.11. The fourth-order valence-electron chi connectivity index (χ4n) is 1.55. The molecule has 1 aromatic carbocycles. The van der Waals surface area contributed by atoms with Crippen LogP contribution >= 0.6 is 0 Å². The highest BCUT2D eigenvalue weighted by Gasteiger charge is 2.19. The van der Waals surface area contributed by atoms with E-state index < -0.39 is 0 Å². The fourth-order valence-corrected chi connectivity index (χ4v) is 1.55. The van der Waals surface area contributed by atoms with Gasteiger partial charge in [0.15, 0.2) is 0 Å². The van der Waals surface area contributed by atoms with Crippen LogP contribution in [0.1, 0.15) is 25.0 Å². The summed E-state index contributed by atoms with van der Waals surface area (Å²) in [5.41, 5.74) is 7.21. The Morgan fingerprint density at radius 3 is 2.47 bits per heavy atom. The van der Waals surface area contributed by atoms with Gasteiger partial charge in [-0.3, -0.25) is 0 Å². The van der Waals surface area contributed by atoms with Gasteiger partial charge in [0.05, 0.1) is 7.11 Å². The summed E-state index contributed by atoms with van der Waals surface area (Å²) < 4.78 is 5.21. The second-order valence-electron chi connectivity index (χ2n) is 4.58. The van der Waals surface area contributed by atoms with E-state index in [4.69, 9.17) is 10.5 Å². The molecule has 0 saturated carbocycles. The molecule has 0 aliphatic heterocycles. The molecule has 0 atom stereocenters. The summed E-state index contributed by atoms with van der Waals surface area (Å²) in [7, 11) is 1.59. The zero-order chi connectivity index (χ0) is 11.6. The topological polar surface area (TPSA) is 55.5 Å². The summed E-state index contributed by atoms with van der Waals surface area (Å²) in [5.74, 6) is 0.976. The Bertz CT molecular complexity index is 353. The molecule has 1 rings (SSSR count). The number of hydrogen-bond donors (Lipinski definition) is 2. The van der Waals surface area contributed by atoms with Crippen molar-refractivity contribution < 1.29 is 9.84 Å². The molecule has 0 aromatic heterocycles. The highest BCUT2D eigenvalue weighted by molar-refractivity contribution is 5.49. The van der Waals surface area contributed by atoms with Crippen molar-refractivity contribution in [3.8, 4) is 11.5 Å². The summed E-state index contributed by atoms with van der Waals surface area (Å²) >= 11 is 0. The van der Waals surface area contributed by atoms with Crippen LogP contribution in [0.25, 0.3) is 0 Å². The summed E-state index contributed by atoms with van der Waals surface area (Å²) in [6.45, 7) is 5.71. The van der Waals surface area contributed by atoms with Gasteiger partial charge in [0.25, 0.3) is 0 Å². The molecule has 0 unspecified atom stereocenters. The smallest absolute Gasteiger partial charge is 0.125 e. The zero-order valence-electron chi connectivity index (χ0n) is 9.79. The number of rotatable bonds is 3. The first kappa shape index (κ1) is 11.9. The average Bonchev–Trinajstić information content (AvgIpc) is 2.11. The molecule has 0 radical (unpaired) electrons. The summed E-state index contributed by atoms with van der Waals surface area (Å²) in [5, 5.41) is 9.94. The first-order chi connectivity index (χ1) is 6.85. The first-order valence-electron chi connectivity index (χ1n) is 4.99. The standard InChI is InChI=1S/C12H19NO2/c1-8-5-6-10(15-4)9(11(8)14)7-12(2,3)13/h5-6,14H,7,13H2,1-4H3. The van der Waals surface area contributed by atoms with Gasteiger partial charge in [-0.05, 0) is 38.8 Å². The predicted molar refractivity (Wildman–Crippen MR) is 61.4 cm³/mol. The molecular formula is C12H19NO2. The average molecular weight is 209 g/mol. The van der Waals surface area contributed by atoms with Gasteiger partial charge in [0, 0.05) is 11.1 Å². The third-order valence-corrected chi connectivity index (χ3v) is 2.29. The molecule has 1 aromatic rings. The third-order valence-electron chi connectivity index (χ3n) is 2.29. The molecule has 0 spiro atoms. The molecule has 0 aliphatic rings. The van der Waals surface area contributed by atoms with E-state index in [9.17, 15) is 5.11 Å². The van der Waals surface area contributed by atoms with Gasteiger partial charge < -0.3 is 15.6 Å². The Hall–Kier alpha value is -1.22. The SMILES string of the molecule is COc1ccc(C)c(O)c1CC(C)(C)N. The molecule has 0 amide bonds. The molecule has 3 N–H and O–H groups in total. The zero-order valence-corrected chi connectivity index (χ0v) is 9.79. The molecule has 0 bridgehead atoms. The number of phenolic OH excluding ortho intramolecular Hbond substituents is 1. The quantitative estimate of drug-likeness (QED) is 0.800. The number of benzene rings is 1. The van der Waals surface area contributed by atoms with Gasteiger partial charge in [0.2, 0.25) is 0 Å². The molecule has 3 heteroatoms. The second-order valence-corrected chi connectivity index (χ2v) is 4.58. The lowest BCUT2D eigenvalue weighted by molar-refractivity contribution is 0.388. The normalized spacial score (nSPS) is 11.5. The van der Waals surface area contributed by atoms with Gasteiger partial charge in [-0.1, -0.05) is 6.07 Å². The van der Waals surface area contributed by atoms with E-state index in [1.807, 2.05) is 32.9 Å². The van der Waals surface area contributed by atoms with Crippen LogP contribution in [0.15, 0.2) is 12.1 Å². The Balaban J connectivity index is 3.18. The van der Waals surface area contributed by atoms with Crippen LogP contribution in [0.3, 0.4) is 0 Å².